The zero-order chi connectivity index (χ0) is 24.4. The van der Waals surface area contributed by atoms with E-state index < -0.39 is 29.3 Å². The average molecular weight is 468 g/mol. The number of ether oxygens (including phenoxy) is 1. The smallest absolute Gasteiger partial charge is 0.330 e. The van der Waals surface area contributed by atoms with Crippen molar-refractivity contribution in [1.29, 1.82) is 0 Å². The zero-order valence-corrected chi connectivity index (χ0v) is 18.7. The maximum absolute atomic E-state index is 13.3. The third kappa shape index (κ3) is 3.99. The van der Waals surface area contributed by atoms with Gasteiger partial charge in [0.1, 0.15) is 23.5 Å². The number of anilines is 2. The lowest BCUT2D eigenvalue weighted by Gasteiger charge is -2.24. The van der Waals surface area contributed by atoms with Gasteiger partial charge < -0.3 is 19.8 Å². The van der Waals surface area contributed by atoms with E-state index in [4.69, 9.17) is 14.9 Å². The molecule has 12 nitrogen and oxygen atoms in total. The van der Waals surface area contributed by atoms with E-state index in [0.29, 0.717) is 22.9 Å². The minimum Gasteiger partial charge on any atom is -0.448 e. The number of nitrogens with two attached hydrogens (primary N) is 1. The molecule has 0 spiro atoms. The van der Waals surface area contributed by atoms with E-state index in [1.54, 1.807) is 18.2 Å². The second-order valence-corrected chi connectivity index (χ2v) is 7.64. The van der Waals surface area contributed by atoms with Crippen molar-refractivity contribution in [3.8, 4) is 0 Å². The van der Waals surface area contributed by atoms with Crippen LogP contribution in [0.2, 0.25) is 0 Å². The molecule has 34 heavy (non-hydrogen) atoms. The quantitative estimate of drug-likeness (QED) is 0.382. The van der Waals surface area contributed by atoms with E-state index in [0.717, 1.165) is 9.47 Å². The number of hydrogen-bond acceptors (Lipinski definition) is 8. The number of fused-ring (bicyclic) bond motifs is 3. The number of hydrogen-bond donors (Lipinski definition) is 2. The molecule has 0 aliphatic rings. The normalized spacial score (nSPS) is 11.4. The van der Waals surface area contributed by atoms with Crippen LogP contribution in [0.4, 0.5) is 11.5 Å². The number of amides is 1. The first-order valence-corrected chi connectivity index (χ1v) is 10.7. The first-order chi connectivity index (χ1) is 16.4. The van der Waals surface area contributed by atoms with E-state index in [1.807, 2.05) is 13.0 Å². The second-order valence-electron chi connectivity index (χ2n) is 7.64. The molecule has 0 unspecified atom stereocenters. The SMILES string of the molecule is CCCn1c(N)c(N(CCOC)C(=O)Cn2cnc3c(oc4ccccc43)c2=O)c(=O)[nH]c1=O. The summed E-state index contributed by atoms with van der Waals surface area (Å²) in [5.41, 5.74) is 4.86. The van der Waals surface area contributed by atoms with Crippen molar-refractivity contribution in [2.75, 3.05) is 30.9 Å². The average Bonchev–Trinajstić information content (AvgIpc) is 3.20. The predicted octanol–water partition coefficient (Wildman–Crippen LogP) is 0.665. The number of carbonyl (C=O) groups is 1. The molecule has 3 heterocycles. The Bertz CT molecular complexity index is 1550. The number of furan rings is 1. The van der Waals surface area contributed by atoms with Gasteiger partial charge in [-0.1, -0.05) is 19.1 Å². The van der Waals surface area contributed by atoms with Crippen LogP contribution in [0.1, 0.15) is 13.3 Å². The molecule has 0 radical (unpaired) electrons. The monoisotopic (exact) mass is 468 g/mol. The van der Waals surface area contributed by atoms with E-state index in [-0.39, 0.29) is 36.8 Å². The zero-order valence-electron chi connectivity index (χ0n) is 18.7. The van der Waals surface area contributed by atoms with Gasteiger partial charge in [0.05, 0.1) is 12.9 Å². The van der Waals surface area contributed by atoms with Gasteiger partial charge in [0.2, 0.25) is 11.5 Å². The number of methoxy groups -OCH3 is 1. The summed E-state index contributed by atoms with van der Waals surface area (Å²) in [5, 5.41) is 0.687. The molecular formula is C22H24N6O6. The molecule has 0 saturated heterocycles. The molecule has 4 aromatic rings. The molecule has 3 N–H and O–H groups in total. The van der Waals surface area contributed by atoms with Crippen molar-refractivity contribution in [3.63, 3.8) is 0 Å². The fourth-order valence-electron chi connectivity index (χ4n) is 3.79. The molecule has 1 amide bonds. The van der Waals surface area contributed by atoms with E-state index in [2.05, 4.69) is 9.97 Å². The van der Waals surface area contributed by atoms with Crippen LogP contribution in [0.3, 0.4) is 0 Å². The van der Waals surface area contributed by atoms with Crippen LogP contribution in [-0.4, -0.2) is 45.3 Å². The number of nitrogen functional groups attached to an aromatic ring is 1. The second kappa shape index (κ2) is 9.35. The number of rotatable bonds is 8. The highest BCUT2D eigenvalue weighted by molar-refractivity contribution is 6.02. The molecule has 0 aliphatic carbocycles. The van der Waals surface area contributed by atoms with Crippen LogP contribution < -0.4 is 27.4 Å². The van der Waals surface area contributed by atoms with Gasteiger partial charge >= 0.3 is 5.69 Å². The number of aromatic nitrogens is 4. The van der Waals surface area contributed by atoms with Gasteiger partial charge in [-0.2, -0.15) is 0 Å². The fraction of sp³-hybridized carbons (Fsp3) is 0.318. The van der Waals surface area contributed by atoms with Crippen molar-refractivity contribution < 1.29 is 13.9 Å². The highest BCUT2D eigenvalue weighted by atomic mass is 16.5. The Morgan fingerprint density at radius 1 is 1.26 bits per heavy atom. The molecule has 1 aromatic carbocycles. The summed E-state index contributed by atoms with van der Waals surface area (Å²) in [7, 11) is 1.44. The summed E-state index contributed by atoms with van der Waals surface area (Å²) in [6, 6.07) is 7.09. The summed E-state index contributed by atoms with van der Waals surface area (Å²) in [6.07, 6.45) is 1.84. The Hall–Kier alpha value is -4.19. The van der Waals surface area contributed by atoms with Crippen LogP contribution >= 0.6 is 0 Å². The third-order valence-corrected chi connectivity index (χ3v) is 5.41. The molecule has 12 heteroatoms. The number of nitrogens with zero attached hydrogens (tertiary/aromatic N) is 4. The van der Waals surface area contributed by atoms with Crippen molar-refractivity contribution in [3.05, 3.63) is 61.8 Å². The van der Waals surface area contributed by atoms with E-state index in [1.165, 1.54) is 18.0 Å². The molecule has 4 rings (SSSR count). The van der Waals surface area contributed by atoms with E-state index in [9.17, 15) is 19.2 Å². The van der Waals surface area contributed by atoms with Gasteiger partial charge in [0.25, 0.3) is 11.1 Å². The maximum Gasteiger partial charge on any atom is 0.330 e. The number of para-hydroxylation sites is 1. The lowest BCUT2D eigenvalue weighted by molar-refractivity contribution is -0.119. The topological polar surface area (TPSA) is 158 Å². The number of nitrogens with one attached hydrogen (secondary N) is 1. The van der Waals surface area contributed by atoms with Crippen LogP contribution in [0.15, 0.2) is 49.4 Å². The third-order valence-electron chi connectivity index (χ3n) is 5.41. The highest BCUT2D eigenvalue weighted by Crippen LogP contribution is 2.24. The summed E-state index contributed by atoms with van der Waals surface area (Å²) >= 11 is 0. The molecule has 0 bridgehead atoms. The first-order valence-electron chi connectivity index (χ1n) is 10.7. The maximum atomic E-state index is 13.3. The number of benzene rings is 1. The van der Waals surface area contributed by atoms with Gasteiger partial charge in [-0.05, 0) is 18.6 Å². The van der Waals surface area contributed by atoms with Crippen LogP contribution in [0.5, 0.6) is 0 Å². The van der Waals surface area contributed by atoms with Crippen molar-refractivity contribution in [2.24, 2.45) is 0 Å². The standard InChI is InChI=1S/C22H24N6O6/c1-3-8-28-19(23)17(20(30)25-22(28)32)27(9-10-33-2)15(29)11-26-12-24-16-13-6-4-5-7-14(13)34-18(16)21(26)31/h4-7,12H,3,8-11,23H2,1-2H3,(H,25,30,32). The molecule has 3 aromatic heterocycles. The van der Waals surface area contributed by atoms with Gasteiger partial charge in [-0.3, -0.25) is 28.5 Å². The fourth-order valence-corrected chi connectivity index (χ4v) is 3.79. The van der Waals surface area contributed by atoms with Crippen LogP contribution in [-0.2, 0) is 22.6 Å². The van der Waals surface area contributed by atoms with Gasteiger partial charge in [0.15, 0.2) is 5.69 Å². The largest absolute Gasteiger partial charge is 0.448 e. The van der Waals surface area contributed by atoms with Gasteiger partial charge in [0, 0.05) is 25.6 Å². The summed E-state index contributed by atoms with van der Waals surface area (Å²) < 4.78 is 13.0. The van der Waals surface area contributed by atoms with Crippen LogP contribution in [0, 0.1) is 0 Å². The first kappa shape index (κ1) is 23.0. The lowest BCUT2D eigenvalue weighted by atomic mass is 10.2. The van der Waals surface area contributed by atoms with E-state index >= 15 is 0 Å². The molecule has 178 valence electrons. The Kier molecular flexibility index (Phi) is 6.32. The molecule has 0 saturated carbocycles. The van der Waals surface area contributed by atoms with Crippen molar-refractivity contribution in [1.82, 2.24) is 19.1 Å². The summed E-state index contributed by atoms with van der Waals surface area (Å²) in [4.78, 5) is 58.7. The van der Waals surface area contributed by atoms with Gasteiger partial charge in [-0.25, -0.2) is 9.78 Å². The van der Waals surface area contributed by atoms with Crippen LogP contribution in [0.25, 0.3) is 22.1 Å². The highest BCUT2D eigenvalue weighted by Gasteiger charge is 2.25. The predicted molar refractivity (Wildman–Crippen MR) is 126 cm³/mol. The molecule has 0 aliphatic heterocycles. The van der Waals surface area contributed by atoms with Crippen molar-refractivity contribution >= 4 is 39.5 Å². The Balaban J connectivity index is 1.76. The molecular weight excluding hydrogens is 444 g/mol. The number of H-pyrrole nitrogens is 1. The minimum absolute atomic E-state index is 0.0220. The number of carbonyl (C=O) groups excluding carboxylic acids is 1. The summed E-state index contributed by atoms with van der Waals surface area (Å²) in [5.74, 6) is -0.756. The Morgan fingerprint density at radius 2 is 2.03 bits per heavy atom. The van der Waals surface area contributed by atoms with Crippen molar-refractivity contribution in [2.45, 2.75) is 26.4 Å². The molecule has 0 fully saturated rings. The number of aromatic amines is 1. The lowest BCUT2D eigenvalue weighted by Crippen LogP contribution is -2.44. The summed E-state index contributed by atoms with van der Waals surface area (Å²) in [6.45, 7) is 1.73. The Labute approximate surface area is 192 Å². The minimum atomic E-state index is -0.808. The van der Waals surface area contributed by atoms with Gasteiger partial charge in [-0.15, -0.1) is 0 Å². The molecule has 0 atom stereocenters. The Morgan fingerprint density at radius 3 is 2.76 bits per heavy atom.